The van der Waals surface area contributed by atoms with E-state index in [9.17, 15) is 9.90 Å². The average Bonchev–Trinajstić information content (AvgIpc) is 2.37. The summed E-state index contributed by atoms with van der Waals surface area (Å²) in [5.74, 6) is 0.662. The van der Waals surface area contributed by atoms with Gasteiger partial charge in [-0.05, 0) is 55.8 Å². The zero-order valence-corrected chi connectivity index (χ0v) is 14.6. The highest BCUT2D eigenvalue weighted by Crippen LogP contribution is 2.47. The SMILES string of the molecule is CC(C)CCOCCC1(C(=O)O)CCC(C(C)(C)C)CC1. The molecule has 3 nitrogen and oxygen atoms in total. The normalized spacial score (nSPS) is 27.0. The van der Waals surface area contributed by atoms with Crippen molar-refractivity contribution >= 4 is 5.97 Å². The van der Waals surface area contributed by atoms with Gasteiger partial charge in [0.05, 0.1) is 5.41 Å². The van der Waals surface area contributed by atoms with E-state index in [0.29, 0.717) is 30.3 Å². The third kappa shape index (κ3) is 5.61. The van der Waals surface area contributed by atoms with Crippen LogP contribution in [-0.2, 0) is 9.53 Å². The molecule has 0 aliphatic heterocycles. The van der Waals surface area contributed by atoms with E-state index in [1.165, 1.54) is 0 Å². The van der Waals surface area contributed by atoms with Crippen molar-refractivity contribution in [1.29, 1.82) is 0 Å². The molecule has 1 aliphatic rings. The number of rotatable bonds is 7. The maximum absolute atomic E-state index is 11.7. The topological polar surface area (TPSA) is 46.5 Å². The van der Waals surface area contributed by atoms with Gasteiger partial charge < -0.3 is 9.84 Å². The predicted molar refractivity (Wildman–Crippen MR) is 86.4 cm³/mol. The van der Waals surface area contributed by atoms with E-state index in [1.807, 2.05) is 0 Å². The van der Waals surface area contributed by atoms with Crippen LogP contribution in [0.4, 0.5) is 0 Å². The van der Waals surface area contributed by atoms with Gasteiger partial charge in [-0.1, -0.05) is 34.6 Å². The quantitative estimate of drug-likeness (QED) is 0.690. The fourth-order valence-corrected chi connectivity index (χ4v) is 3.30. The molecule has 0 aromatic carbocycles. The first kappa shape index (κ1) is 18.5. The number of carboxylic acids is 1. The summed E-state index contributed by atoms with van der Waals surface area (Å²) < 4.78 is 5.65. The number of hydrogen-bond donors (Lipinski definition) is 1. The van der Waals surface area contributed by atoms with Crippen LogP contribution in [0.1, 0.15) is 73.1 Å². The second-order valence-electron chi connectivity index (χ2n) is 8.27. The molecule has 1 N–H and O–H groups in total. The van der Waals surface area contributed by atoms with Crippen LogP contribution in [0.3, 0.4) is 0 Å². The lowest BCUT2D eigenvalue weighted by molar-refractivity contribution is -0.154. The Hall–Kier alpha value is -0.570. The predicted octanol–water partition coefficient (Wildman–Crippen LogP) is 4.75. The molecule has 0 spiro atoms. The van der Waals surface area contributed by atoms with Crippen molar-refractivity contribution < 1.29 is 14.6 Å². The smallest absolute Gasteiger partial charge is 0.309 e. The van der Waals surface area contributed by atoms with Gasteiger partial charge in [0, 0.05) is 13.2 Å². The lowest BCUT2D eigenvalue weighted by atomic mass is 9.63. The molecule has 1 saturated carbocycles. The fourth-order valence-electron chi connectivity index (χ4n) is 3.30. The molecule has 0 aromatic rings. The van der Waals surface area contributed by atoms with Gasteiger partial charge in [-0.3, -0.25) is 4.79 Å². The molecule has 0 saturated heterocycles. The van der Waals surface area contributed by atoms with E-state index in [-0.39, 0.29) is 0 Å². The summed E-state index contributed by atoms with van der Waals surface area (Å²) in [6.45, 7) is 12.5. The maximum atomic E-state index is 11.7. The molecule has 0 bridgehead atoms. The summed E-state index contributed by atoms with van der Waals surface area (Å²) in [4.78, 5) is 11.7. The van der Waals surface area contributed by atoms with Crippen molar-refractivity contribution in [3.63, 3.8) is 0 Å². The van der Waals surface area contributed by atoms with Gasteiger partial charge in [0.25, 0.3) is 0 Å². The van der Waals surface area contributed by atoms with Crippen LogP contribution in [0.15, 0.2) is 0 Å². The second kappa shape index (κ2) is 7.62. The lowest BCUT2D eigenvalue weighted by Crippen LogP contribution is -2.39. The number of hydrogen-bond acceptors (Lipinski definition) is 2. The molecule has 1 rings (SSSR count). The van der Waals surface area contributed by atoms with Crippen molar-refractivity contribution in [1.82, 2.24) is 0 Å². The molecular weight excluding hydrogens is 264 g/mol. The Balaban J connectivity index is 2.45. The molecule has 21 heavy (non-hydrogen) atoms. The maximum Gasteiger partial charge on any atom is 0.309 e. The first-order chi connectivity index (χ1) is 9.67. The summed E-state index contributed by atoms with van der Waals surface area (Å²) >= 11 is 0. The standard InChI is InChI=1S/C18H34O3/c1-14(2)8-12-21-13-11-18(16(19)20)9-6-15(7-10-18)17(3,4)5/h14-15H,6-13H2,1-5H3,(H,19,20). The third-order valence-corrected chi connectivity index (χ3v) is 5.19. The molecule has 0 heterocycles. The highest BCUT2D eigenvalue weighted by atomic mass is 16.5. The van der Waals surface area contributed by atoms with Crippen molar-refractivity contribution in [3.8, 4) is 0 Å². The van der Waals surface area contributed by atoms with Gasteiger partial charge in [-0.2, -0.15) is 0 Å². The van der Waals surface area contributed by atoms with Gasteiger partial charge in [0.15, 0.2) is 0 Å². The molecule has 0 radical (unpaired) electrons. The van der Waals surface area contributed by atoms with Crippen LogP contribution in [0.2, 0.25) is 0 Å². The number of carbonyl (C=O) groups is 1. The van der Waals surface area contributed by atoms with Crippen LogP contribution in [-0.4, -0.2) is 24.3 Å². The zero-order chi connectivity index (χ0) is 16.1. The molecule has 1 aliphatic carbocycles. The largest absolute Gasteiger partial charge is 0.481 e. The molecular formula is C18H34O3. The van der Waals surface area contributed by atoms with Crippen molar-refractivity contribution in [2.75, 3.05) is 13.2 Å². The van der Waals surface area contributed by atoms with E-state index in [0.717, 1.165) is 38.7 Å². The van der Waals surface area contributed by atoms with E-state index in [2.05, 4.69) is 34.6 Å². The van der Waals surface area contributed by atoms with E-state index in [4.69, 9.17) is 4.74 Å². The van der Waals surface area contributed by atoms with Crippen LogP contribution < -0.4 is 0 Å². The minimum atomic E-state index is -0.623. The Morgan fingerprint density at radius 1 is 1.24 bits per heavy atom. The Morgan fingerprint density at radius 2 is 1.81 bits per heavy atom. The van der Waals surface area contributed by atoms with Crippen molar-refractivity contribution in [2.45, 2.75) is 73.1 Å². The minimum absolute atomic E-state index is 0.290. The Kier molecular flexibility index (Phi) is 6.71. The highest BCUT2D eigenvalue weighted by molar-refractivity contribution is 5.74. The zero-order valence-electron chi connectivity index (χ0n) is 14.6. The van der Waals surface area contributed by atoms with Crippen LogP contribution in [0, 0.1) is 22.7 Å². The van der Waals surface area contributed by atoms with Gasteiger partial charge in [-0.25, -0.2) is 0 Å². The molecule has 0 amide bonds. The molecule has 0 unspecified atom stereocenters. The molecule has 1 fully saturated rings. The van der Waals surface area contributed by atoms with Gasteiger partial charge in [0.2, 0.25) is 0 Å². The average molecular weight is 298 g/mol. The van der Waals surface area contributed by atoms with Gasteiger partial charge in [-0.15, -0.1) is 0 Å². The third-order valence-electron chi connectivity index (χ3n) is 5.19. The summed E-state index contributed by atoms with van der Waals surface area (Å²) in [7, 11) is 0. The number of ether oxygens (including phenoxy) is 1. The molecule has 124 valence electrons. The van der Waals surface area contributed by atoms with Gasteiger partial charge in [0.1, 0.15) is 0 Å². The molecule has 3 heteroatoms. The summed E-state index contributed by atoms with van der Waals surface area (Å²) in [6, 6.07) is 0. The van der Waals surface area contributed by atoms with Crippen molar-refractivity contribution in [2.24, 2.45) is 22.7 Å². The minimum Gasteiger partial charge on any atom is -0.481 e. The summed E-state index contributed by atoms with van der Waals surface area (Å²) in [5.41, 5.74) is -0.252. The van der Waals surface area contributed by atoms with Gasteiger partial charge >= 0.3 is 5.97 Å². The van der Waals surface area contributed by atoms with Crippen LogP contribution >= 0.6 is 0 Å². The molecule has 0 atom stereocenters. The lowest BCUT2D eigenvalue weighted by Gasteiger charge is -2.41. The summed E-state index contributed by atoms with van der Waals surface area (Å²) in [5, 5.41) is 9.67. The Bertz CT molecular complexity index is 320. The van der Waals surface area contributed by atoms with Crippen LogP contribution in [0.5, 0.6) is 0 Å². The van der Waals surface area contributed by atoms with E-state index < -0.39 is 11.4 Å². The Labute approximate surface area is 130 Å². The molecule has 0 aromatic heterocycles. The number of carboxylic acid groups (broad SMARTS) is 1. The second-order valence-corrected chi connectivity index (χ2v) is 8.27. The highest BCUT2D eigenvalue weighted by Gasteiger charge is 2.43. The first-order valence-electron chi connectivity index (χ1n) is 8.48. The van der Waals surface area contributed by atoms with E-state index >= 15 is 0 Å². The summed E-state index contributed by atoms with van der Waals surface area (Å²) in [6.07, 6.45) is 5.38. The monoisotopic (exact) mass is 298 g/mol. The first-order valence-corrected chi connectivity index (χ1v) is 8.48. The fraction of sp³-hybridized carbons (Fsp3) is 0.944. The van der Waals surface area contributed by atoms with E-state index in [1.54, 1.807) is 0 Å². The Morgan fingerprint density at radius 3 is 2.24 bits per heavy atom. The number of aliphatic carboxylic acids is 1. The van der Waals surface area contributed by atoms with Crippen molar-refractivity contribution in [3.05, 3.63) is 0 Å². The van der Waals surface area contributed by atoms with Crippen LogP contribution in [0.25, 0.3) is 0 Å².